The van der Waals surface area contributed by atoms with Crippen molar-refractivity contribution in [1.82, 2.24) is 10.3 Å². The summed E-state index contributed by atoms with van der Waals surface area (Å²) in [5.41, 5.74) is -0.543. The molecule has 6 nitrogen and oxygen atoms in total. The lowest BCUT2D eigenvalue weighted by atomic mass is 9.98. The Morgan fingerprint density at radius 1 is 1.50 bits per heavy atom. The van der Waals surface area contributed by atoms with Crippen molar-refractivity contribution in [2.24, 2.45) is 5.92 Å². The monoisotopic (exact) mass is 273 g/mol. The molecule has 1 aromatic rings. The van der Waals surface area contributed by atoms with Crippen molar-refractivity contribution in [3.8, 4) is 6.07 Å². The van der Waals surface area contributed by atoms with Gasteiger partial charge in [-0.05, 0) is 37.8 Å². The van der Waals surface area contributed by atoms with Crippen LogP contribution in [0.2, 0.25) is 0 Å². The molecular formula is C14H15N3O3. The molecule has 0 aromatic carbocycles. The van der Waals surface area contributed by atoms with Crippen LogP contribution in [-0.4, -0.2) is 29.0 Å². The van der Waals surface area contributed by atoms with E-state index in [0.29, 0.717) is 5.56 Å². The van der Waals surface area contributed by atoms with Crippen LogP contribution < -0.4 is 5.32 Å². The predicted molar refractivity (Wildman–Crippen MR) is 69.4 cm³/mol. The average Bonchev–Trinajstić information content (AvgIpc) is 3.30. The molecule has 1 fully saturated rings. The molecule has 1 aliphatic rings. The van der Waals surface area contributed by atoms with Crippen LogP contribution in [0.15, 0.2) is 24.5 Å². The first-order valence-corrected chi connectivity index (χ1v) is 6.34. The highest BCUT2D eigenvalue weighted by molar-refractivity contribution is 5.91. The molecule has 1 aliphatic carbocycles. The van der Waals surface area contributed by atoms with Crippen molar-refractivity contribution < 1.29 is 14.3 Å². The quantitative estimate of drug-likeness (QED) is 0.809. The topological polar surface area (TPSA) is 92.1 Å². The lowest BCUT2D eigenvalue weighted by molar-refractivity contribution is -0.125. The number of rotatable bonds is 5. The Morgan fingerprint density at radius 3 is 2.70 bits per heavy atom. The van der Waals surface area contributed by atoms with Gasteiger partial charge in [-0.2, -0.15) is 5.26 Å². The number of carbonyl (C=O) groups excluding carboxylic acids is 2. The fourth-order valence-corrected chi connectivity index (χ4v) is 1.91. The predicted octanol–water partition coefficient (Wildman–Crippen LogP) is 1.05. The normalized spacial score (nSPS) is 16.6. The molecule has 0 spiro atoms. The number of esters is 1. The highest BCUT2D eigenvalue weighted by atomic mass is 16.5. The number of nitrogens with one attached hydrogen (secondary N) is 1. The average molecular weight is 273 g/mol. The summed E-state index contributed by atoms with van der Waals surface area (Å²) in [7, 11) is 0. The molecule has 0 bridgehead atoms. The maximum absolute atomic E-state index is 11.7. The molecule has 1 atom stereocenters. The molecule has 1 N–H and O–H groups in total. The third-order valence-electron chi connectivity index (χ3n) is 3.28. The molecule has 0 aliphatic heterocycles. The van der Waals surface area contributed by atoms with Gasteiger partial charge in [0.25, 0.3) is 5.91 Å². The Bertz CT molecular complexity index is 549. The van der Waals surface area contributed by atoms with Gasteiger partial charge in [0.15, 0.2) is 6.61 Å². The second-order valence-corrected chi connectivity index (χ2v) is 4.95. The molecule has 1 saturated carbocycles. The fraction of sp³-hybridized carbons (Fsp3) is 0.429. The molecule has 0 unspecified atom stereocenters. The molecule has 1 aromatic heterocycles. The smallest absolute Gasteiger partial charge is 0.338 e. The van der Waals surface area contributed by atoms with Crippen molar-refractivity contribution in [1.29, 1.82) is 5.26 Å². The van der Waals surface area contributed by atoms with Crippen LogP contribution in [0.4, 0.5) is 0 Å². The standard InChI is InChI=1S/C14H15N3O3/c1-14(9-15,11-2-3-11)17-12(18)8-20-13(19)10-4-6-16-7-5-10/h4-7,11H,2-3,8H2,1H3,(H,17,18)/t14-/m1/s1. The summed E-state index contributed by atoms with van der Waals surface area (Å²) in [4.78, 5) is 27.2. The van der Waals surface area contributed by atoms with Gasteiger partial charge in [0, 0.05) is 12.4 Å². The lowest BCUT2D eigenvalue weighted by Gasteiger charge is -2.22. The summed E-state index contributed by atoms with van der Waals surface area (Å²) in [5, 5.41) is 11.7. The lowest BCUT2D eigenvalue weighted by Crippen LogP contribution is -2.48. The molecule has 6 heteroatoms. The van der Waals surface area contributed by atoms with Crippen LogP contribution in [0.1, 0.15) is 30.1 Å². The zero-order valence-electron chi connectivity index (χ0n) is 11.1. The summed E-state index contributed by atoms with van der Waals surface area (Å²) < 4.78 is 4.89. The van der Waals surface area contributed by atoms with Crippen LogP contribution in [0, 0.1) is 17.2 Å². The van der Waals surface area contributed by atoms with E-state index in [1.54, 1.807) is 6.92 Å². The second kappa shape index (κ2) is 5.70. The van der Waals surface area contributed by atoms with Gasteiger partial charge in [-0.3, -0.25) is 9.78 Å². The van der Waals surface area contributed by atoms with Gasteiger partial charge in [0.05, 0.1) is 11.6 Å². The summed E-state index contributed by atoms with van der Waals surface area (Å²) in [6.07, 6.45) is 4.80. The number of hydrogen-bond acceptors (Lipinski definition) is 5. The maximum Gasteiger partial charge on any atom is 0.338 e. The van der Waals surface area contributed by atoms with Gasteiger partial charge in [0.2, 0.25) is 0 Å². The summed E-state index contributed by atoms with van der Waals surface area (Å²) in [5.74, 6) is -0.872. The summed E-state index contributed by atoms with van der Waals surface area (Å²) >= 11 is 0. The third kappa shape index (κ3) is 3.32. The number of amides is 1. The Balaban J connectivity index is 1.84. The second-order valence-electron chi connectivity index (χ2n) is 4.95. The molecule has 20 heavy (non-hydrogen) atoms. The fourth-order valence-electron chi connectivity index (χ4n) is 1.91. The van der Waals surface area contributed by atoms with Gasteiger partial charge < -0.3 is 10.1 Å². The van der Waals surface area contributed by atoms with E-state index in [2.05, 4.69) is 16.4 Å². The third-order valence-corrected chi connectivity index (χ3v) is 3.28. The SMILES string of the molecule is C[C@](C#N)(NC(=O)COC(=O)c1ccncc1)C1CC1. The first-order valence-electron chi connectivity index (χ1n) is 6.34. The van der Waals surface area contributed by atoms with Gasteiger partial charge in [-0.15, -0.1) is 0 Å². The van der Waals surface area contributed by atoms with E-state index in [4.69, 9.17) is 10.00 Å². The van der Waals surface area contributed by atoms with Gasteiger partial charge in [-0.1, -0.05) is 0 Å². The number of pyridine rings is 1. The van der Waals surface area contributed by atoms with Crippen LogP contribution in [-0.2, 0) is 9.53 Å². The number of hydrogen-bond donors (Lipinski definition) is 1. The largest absolute Gasteiger partial charge is 0.452 e. The van der Waals surface area contributed by atoms with E-state index in [1.807, 2.05) is 0 Å². The van der Waals surface area contributed by atoms with Crippen molar-refractivity contribution in [3.63, 3.8) is 0 Å². The Labute approximate surface area is 116 Å². The number of nitrogens with zero attached hydrogens (tertiary/aromatic N) is 2. The minimum atomic E-state index is -0.875. The Kier molecular flexibility index (Phi) is 3.99. The van der Waals surface area contributed by atoms with Crippen LogP contribution in [0.3, 0.4) is 0 Å². The number of aromatic nitrogens is 1. The molecule has 2 rings (SSSR count). The Morgan fingerprint density at radius 2 is 2.15 bits per heavy atom. The highest BCUT2D eigenvalue weighted by Gasteiger charge is 2.43. The van der Waals surface area contributed by atoms with Crippen molar-refractivity contribution in [3.05, 3.63) is 30.1 Å². The van der Waals surface area contributed by atoms with E-state index < -0.39 is 24.0 Å². The Hall–Kier alpha value is -2.42. The van der Waals surface area contributed by atoms with E-state index >= 15 is 0 Å². The number of carbonyl (C=O) groups is 2. The van der Waals surface area contributed by atoms with Crippen molar-refractivity contribution >= 4 is 11.9 Å². The van der Waals surface area contributed by atoms with E-state index in [1.165, 1.54) is 24.5 Å². The van der Waals surface area contributed by atoms with Gasteiger partial charge >= 0.3 is 5.97 Å². The molecule has 0 saturated heterocycles. The highest BCUT2D eigenvalue weighted by Crippen LogP contribution is 2.39. The minimum Gasteiger partial charge on any atom is -0.452 e. The number of nitriles is 1. The summed E-state index contributed by atoms with van der Waals surface area (Å²) in [6, 6.07) is 5.12. The first kappa shape index (κ1) is 14.0. The molecule has 1 amide bonds. The van der Waals surface area contributed by atoms with Crippen LogP contribution in [0.25, 0.3) is 0 Å². The van der Waals surface area contributed by atoms with Gasteiger partial charge in [0.1, 0.15) is 5.54 Å². The van der Waals surface area contributed by atoms with E-state index in [-0.39, 0.29) is 5.92 Å². The van der Waals surface area contributed by atoms with E-state index in [9.17, 15) is 9.59 Å². The minimum absolute atomic E-state index is 0.187. The molecular weight excluding hydrogens is 258 g/mol. The summed E-state index contributed by atoms with van der Waals surface area (Å²) in [6.45, 7) is 1.29. The van der Waals surface area contributed by atoms with E-state index in [0.717, 1.165) is 12.8 Å². The molecule has 104 valence electrons. The zero-order chi connectivity index (χ0) is 14.6. The van der Waals surface area contributed by atoms with Gasteiger partial charge in [-0.25, -0.2) is 4.79 Å². The maximum atomic E-state index is 11.7. The number of ether oxygens (including phenoxy) is 1. The first-order chi connectivity index (χ1) is 9.55. The van der Waals surface area contributed by atoms with Crippen LogP contribution >= 0.6 is 0 Å². The zero-order valence-corrected chi connectivity index (χ0v) is 11.1. The molecule has 1 heterocycles. The van der Waals surface area contributed by atoms with Crippen LogP contribution in [0.5, 0.6) is 0 Å². The van der Waals surface area contributed by atoms with Crippen molar-refractivity contribution in [2.75, 3.05) is 6.61 Å². The van der Waals surface area contributed by atoms with Crippen molar-refractivity contribution in [2.45, 2.75) is 25.3 Å². The molecule has 0 radical (unpaired) electrons.